The first-order chi connectivity index (χ1) is 10.6. The Morgan fingerprint density at radius 1 is 1.14 bits per heavy atom. The zero-order valence-electron chi connectivity index (χ0n) is 12.0. The predicted octanol–water partition coefficient (Wildman–Crippen LogP) is 1.56. The zero-order chi connectivity index (χ0) is 15.9. The Bertz CT molecular complexity index is 650. The SMILES string of the molecule is CC(NC(=O)c1ccccc1)C(=O)OCC(=O)c1ccc[nH]1. The van der Waals surface area contributed by atoms with Gasteiger partial charge in [0.15, 0.2) is 6.61 Å². The number of benzene rings is 1. The Kier molecular flexibility index (Phi) is 5.08. The average Bonchev–Trinajstić information content (AvgIpc) is 3.07. The number of amides is 1. The van der Waals surface area contributed by atoms with Gasteiger partial charge in [-0.3, -0.25) is 9.59 Å². The van der Waals surface area contributed by atoms with Gasteiger partial charge in [0.25, 0.3) is 5.91 Å². The van der Waals surface area contributed by atoms with E-state index in [4.69, 9.17) is 4.74 Å². The third-order valence-electron chi connectivity index (χ3n) is 2.98. The van der Waals surface area contributed by atoms with Crippen LogP contribution in [-0.4, -0.2) is 35.3 Å². The van der Waals surface area contributed by atoms with Crippen molar-refractivity contribution >= 4 is 17.7 Å². The van der Waals surface area contributed by atoms with Gasteiger partial charge >= 0.3 is 5.97 Å². The van der Waals surface area contributed by atoms with Crippen molar-refractivity contribution in [3.05, 3.63) is 59.9 Å². The molecular formula is C16H16N2O4. The van der Waals surface area contributed by atoms with Crippen LogP contribution in [0.3, 0.4) is 0 Å². The number of ether oxygens (including phenoxy) is 1. The second-order valence-corrected chi connectivity index (χ2v) is 4.68. The highest BCUT2D eigenvalue weighted by Crippen LogP contribution is 2.01. The first-order valence-electron chi connectivity index (χ1n) is 6.77. The number of ketones is 1. The summed E-state index contributed by atoms with van der Waals surface area (Å²) in [6.07, 6.45) is 1.61. The number of esters is 1. The number of hydrogen-bond acceptors (Lipinski definition) is 4. The van der Waals surface area contributed by atoms with Gasteiger partial charge in [-0.25, -0.2) is 4.79 Å². The van der Waals surface area contributed by atoms with Crippen LogP contribution in [0.2, 0.25) is 0 Å². The van der Waals surface area contributed by atoms with E-state index in [1.807, 2.05) is 0 Å². The van der Waals surface area contributed by atoms with Crippen LogP contribution >= 0.6 is 0 Å². The molecule has 0 bridgehead atoms. The molecule has 0 aliphatic heterocycles. The van der Waals surface area contributed by atoms with Crippen LogP contribution < -0.4 is 5.32 Å². The first kappa shape index (κ1) is 15.5. The fraction of sp³-hybridized carbons (Fsp3) is 0.188. The molecule has 1 heterocycles. The molecule has 1 aromatic carbocycles. The van der Waals surface area contributed by atoms with Crippen molar-refractivity contribution in [2.75, 3.05) is 6.61 Å². The van der Waals surface area contributed by atoms with Gasteiger partial charge in [0.1, 0.15) is 6.04 Å². The highest BCUT2D eigenvalue weighted by molar-refractivity contribution is 5.98. The molecule has 1 atom stereocenters. The molecular weight excluding hydrogens is 284 g/mol. The van der Waals surface area contributed by atoms with Gasteiger partial charge in [0.05, 0.1) is 5.69 Å². The van der Waals surface area contributed by atoms with E-state index in [9.17, 15) is 14.4 Å². The van der Waals surface area contributed by atoms with Gasteiger partial charge in [0, 0.05) is 11.8 Å². The molecule has 0 radical (unpaired) electrons. The molecule has 6 heteroatoms. The van der Waals surface area contributed by atoms with E-state index in [0.717, 1.165) is 0 Å². The largest absolute Gasteiger partial charge is 0.456 e. The van der Waals surface area contributed by atoms with Gasteiger partial charge in [-0.1, -0.05) is 18.2 Å². The van der Waals surface area contributed by atoms with Crippen LogP contribution in [0.4, 0.5) is 0 Å². The summed E-state index contributed by atoms with van der Waals surface area (Å²) in [6.45, 7) is 1.13. The zero-order valence-corrected chi connectivity index (χ0v) is 12.0. The maximum atomic E-state index is 11.9. The minimum atomic E-state index is -0.843. The number of nitrogens with one attached hydrogen (secondary N) is 2. The van der Waals surface area contributed by atoms with Crippen molar-refractivity contribution in [2.45, 2.75) is 13.0 Å². The summed E-state index contributed by atoms with van der Waals surface area (Å²) in [5.41, 5.74) is 0.818. The number of rotatable bonds is 6. The summed E-state index contributed by atoms with van der Waals surface area (Å²) >= 11 is 0. The second kappa shape index (κ2) is 7.21. The Labute approximate surface area is 127 Å². The molecule has 2 N–H and O–H groups in total. The minimum absolute atomic E-state index is 0.333. The molecule has 0 saturated carbocycles. The lowest BCUT2D eigenvalue weighted by atomic mass is 10.2. The van der Waals surface area contributed by atoms with Crippen LogP contribution in [0.5, 0.6) is 0 Å². The smallest absolute Gasteiger partial charge is 0.328 e. The van der Waals surface area contributed by atoms with Crippen LogP contribution in [0.15, 0.2) is 48.7 Å². The maximum absolute atomic E-state index is 11.9. The van der Waals surface area contributed by atoms with Crippen molar-refractivity contribution in [1.82, 2.24) is 10.3 Å². The van der Waals surface area contributed by atoms with Crippen LogP contribution in [-0.2, 0) is 9.53 Å². The van der Waals surface area contributed by atoms with Gasteiger partial charge < -0.3 is 15.0 Å². The van der Waals surface area contributed by atoms with E-state index in [1.165, 1.54) is 6.92 Å². The molecule has 0 fully saturated rings. The van der Waals surface area contributed by atoms with E-state index in [-0.39, 0.29) is 18.3 Å². The standard InChI is InChI=1S/C16H16N2O4/c1-11(18-15(20)12-6-3-2-4-7-12)16(21)22-10-14(19)13-8-5-9-17-13/h2-9,11,17H,10H2,1H3,(H,18,20). The predicted molar refractivity (Wildman–Crippen MR) is 79.5 cm³/mol. The molecule has 0 spiro atoms. The molecule has 22 heavy (non-hydrogen) atoms. The highest BCUT2D eigenvalue weighted by atomic mass is 16.5. The van der Waals surface area contributed by atoms with Crippen molar-refractivity contribution < 1.29 is 19.1 Å². The van der Waals surface area contributed by atoms with Crippen LogP contribution in [0, 0.1) is 0 Å². The number of carbonyl (C=O) groups excluding carboxylic acids is 3. The molecule has 0 saturated heterocycles. The number of aromatic amines is 1. The lowest BCUT2D eigenvalue weighted by Crippen LogP contribution is -2.40. The third-order valence-corrected chi connectivity index (χ3v) is 2.98. The lowest BCUT2D eigenvalue weighted by Gasteiger charge is -2.13. The van der Waals surface area contributed by atoms with E-state index < -0.39 is 12.0 Å². The van der Waals surface area contributed by atoms with Gasteiger partial charge in [-0.15, -0.1) is 0 Å². The number of H-pyrrole nitrogens is 1. The Balaban J connectivity index is 1.82. The summed E-state index contributed by atoms with van der Waals surface area (Å²) in [4.78, 5) is 38.1. The maximum Gasteiger partial charge on any atom is 0.328 e. The van der Waals surface area contributed by atoms with Crippen LogP contribution in [0.25, 0.3) is 0 Å². The number of Topliss-reactive ketones (excluding diaryl/α,β-unsaturated/α-hetero) is 1. The Morgan fingerprint density at radius 2 is 1.86 bits per heavy atom. The Hall–Kier alpha value is -2.89. The monoisotopic (exact) mass is 300 g/mol. The minimum Gasteiger partial charge on any atom is -0.456 e. The fourth-order valence-corrected chi connectivity index (χ4v) is 1.77. The number of aromatic nitrogens is 1. The summed E-state index contributed by atoms with van der Waals surface area (Å²) in [5.74, 6) is -1.37. The van der Waals surface area contributed by atoms with Crippen LogP contribution in [0.1, 0.15) is 27.8 Å². The molecule has 0 aliphatic carbocycles. The topological polar surface area (TPSA) is 88.3 Å². The summed E-state index contributed by atoms with van der Waals surface area (Å²) in [5, 5.41) is 2.52. The summed E-state index contributed by atoms with van der Waals surface area (Å²) in [7, 11) is 0. The molecule has 0 aliphatic rings. The first-order valence-corrected chi connectivity index (χ1v) is 6.77. The van der Waals surface area contributed by atoms with Gasteiger partial charge in [-0.2, -0.15) is 0 Å². The molecule has 1 amide bonds. The molecule has 2 aromatic rings. The van der Waals surface area contributed by atoms with Gasteiger partial charge in [0.2, 0.25) is 5.78 Å². The van der Waals surface area contributed by atoms with Crippen molar-refractivity contribution in [3.63, 3.8) is 0 Å². The highest BCUT2D eigenvalue weighted by Gasteiger charge is 2.19. The average molecular weight is 300 g/mol. The molecule has 2 rings (SSSR count). The number of hydrogen-bond donors (Lipinski definition) is 2. The Morgan fingerprint density at radius 3 is 2.50 bits per heavy atom. The van der Waals surface area contributed by atoms with E-state index in [1.54, 1.807) is 48.7 Å². The quantitative estimate of drug-likeness (QED) is 0.626. The molecule has 1 aromatic heterocycles. The fourth-order valence-electron chi connectivity index (χ4n) is 1.77. The second-order valence-electron chi connectivity index (χ2n) is 4.68. The third kappa shape index (κ3) is 4.05. The van der Waals surface area contributed by atoms with Gasteiger partial charge in [-0.05, 0) is 31.2 Å². The van der Waals surface area contributed by atoms with E-state index >= 15 is 0 Å². The molecule has 6 nitrogen and oxygen atoms in total. The lowest BCUT2D eigenvalue weighted by molar-refractivity contribution is -0.144. The van der Waals surface area contributed by atoms with E-state index in [2.05, 4.69) is 10.3 Å². The number of carbonyl (C=O) groups is 3. The normalized spacial score (nSPS) is 11.5. The van der Waals surface area contributed by atoms with Crippen molar-refractivity contribution in [2.24, 2.45) is 0 Å². The summed E-state index contributed by atoms with van der Waals surface area (Å²) in [6, 6.07) is 11.0. The molecule has 114 valence electrons. The van der Waals surface area contributed by atoms with E-state index in [0.29, 0.717) is 11.3 Å². The van der Waals surface area contributed by atoms with Crippen molar-refractivity contribution in [1.29, 1.82) is 0 Å². The van der Waals surface area contributed by atoms with Crippen molar-refractivity contribution in [3.8, 4) is 0 Å². The summed E-state index contributed by atoms with van der Waals surface area (Å²) < 4.78 is 4.90. The molecule has 1 unspecified atom stereocenters.